The van der Waals surface area contributed by atoms with Crippen molar-refractivity contribution in [2.24, 2.45) is 0 Å². The highest BCUT2D eigenvalue weighted by atomic mass is 79.9. The highest BCUT2D eigenvalue weighted by Crippen LogP contribution is 2.38. The summed E-state index contributed by atoms with van der Waals surface area (Å²) in [4.78, 5) is 38.4. The molecule has 14 nitrogen and oxygen atoms in total. The standard InChI is InChI=1S/C29H26N4O2.C18H21BO4.C17H17BrN4/c1-35-29(34)26-10-6-7-23-24(26)8-5-9-25(23)27-18-31-33-19-21(17-30-28(27)33)20-11-13-22(14-12-20)32-15-3-2-4-16-32;1-17(2)18(3,4)23-19(22-17)15-11-7-8-12-13(15)9-6-10-14(12)16(20)21-5;18-16-11-20-22-12-14(10-19-17(16)22)13-4-6-15(7-5-13)21-8-2-1-3-9-21/h5-14,17-19H,2-4,15-16H2,1H3;6-11H,1-5H3;4-7,10-12H,1-3,8-9H2. The Morgan fingerprint density at radius 3 is 1.49 bits per heavy atom. The lowest BCUT2D eigenvalue weighted by Gasteiger charge is -2.32. The molecule has 16 heteroatoms. The van der Waals surface area contributed by atoms with Gasteiger partial charge >= 0.3 is 19.1 Å². The highest BCUT2D eigenvalue weighted by Gasteiger charge is 2.52. The van der Waals surface area contributed by atoms with Gasteiger partial charge in [-0.25, -0.2) is 28.6 Å². The molecule has 0 aliphatic carbocycles. The van der Waals surface area contributed by atoms with Crippen molar-refractivity contribution in [3.8, 4) is 33.4 Å². The first-order valence-electron chi connectivity index (χ1n) is 27.4. The Kier molecular flexibility index (Phi) is 15.6. The molecule has 10 aromatic rings. The summed E-state index contributed by atoms with van der Waals surface area (Å²) in [7, 11) is 2.33. The second-order valence-corrected chi connectivity index (χ2v) is 22.3. The molecule has 7 heterocycles. The SMILES string of the molecule is Brc1cnn2cc(-c3ccc(N4CCCCC4)cc3)cnc12.COC(=O)c1cccc2c(-c3cnn4cc(-c5ccc(N6CCCCC6)cc5)cnc34)cccc12.COC(=O)c1cccc2c(B3OC(C)(C)C(C)(C)O3)cccc12. The van der Waals surface area contributed by atoms with Crippen LogP contribution in [-0.4, -0.2) is 99.9 Å². The monoisotopic (exact) mass is 1130 g/mol. The average Bonchev–Trinajstić information content (AvgIpc) is 4.38. The van der Waals surface area contributed by atoms with Crippen LogP contribution in [0.4, 0.5) is 11.4 Å². The minimum absolute atomic E-state index is 0.346. The van der Waals surface area contributed by atoms with Crippen molar-refractivity contribution in [1.82, 2.24) is 29.2 Å². The van der Waals surface area contributed by atoms with Crippen LogP contribution in [0.5, 0.6) is 0 Å². The smallest absolute Gasteiger partial charge is 0.465 e. The summed E-state index contributed by atoms with van der Waals surface area (Å²) in [6.07, 6.45) is 19.3. The minimum Gasteiger partial charge on any atom is -0.465 e. The van der Waals surface area contributed by atoms with Crippen LogP contribution in [0, 0.1) is 0 Å². The van der Waals surface area contributed by atoms with E-state index < -0.39 is 18.3 Å². The number of carbonyl (C=O) groups is 2. The quantitative estimate of drug-likeness (QED) is 0.106. The zero-order valence-corrected chi connectivity index (χ0v) is 47.7. The number of fused-ring (bicyclic) bond motifs is 4. The highest BCUT2D eigenvalue weighted by molar-refractivity contribution is 9.10. The molecule has 406 valence electrons. The van der Waals surface area contributed by atoms with E-state index in [0.717, 1.165) is 83.7 Å². The number of nitrogens with zero attached hydrogens (tertiary/aromatic N) is 8. The first-order chi connectivity index (χ1) is 38.8. The molecule has 0 amide bonds. The van der Waals surface area contributed by atoms with Crippen LogP contribution in [0.3, 0.4) is 0 Å². The Morgan fingerprint density at radius 2 is 0.950 bits per heavy atom. The van der Waals surface area contributed by atoms with Crippen molar-refractivity contribution in [2.45, 2.75) is 77.4 Å². The number of esters is 2. The summed E-state index contributed by atoms with van der Waals surface area (Å²) < 4.78 is 26.7. The van der Waals surface area contributed by atoms with Gasteiger partial charge in [-0.15, -0.1) is 0 Å². The van der Waals surface area contributed by atoms with Gasteiger partial charge in [-0.2, -0.15) is 10.2 Å². The Labute approximate surface area is 474 Å². The van der Waals surface area contributed by atoms with Gasteiger partial charge in [0, 0.05) is 79.0 Å². The van der Waals surface area contributed by atoms with Crippen molar-refractivity contribution in [3.05, 3.63) is 174 Å². The van der Waals surface area contributed by atoms with E-state index in [-0.39, 0.29) is 11.9 Å². The third-order valence-electron chi connectivity index (χ3n) is 16.0. The second kappa shape index (κ2) is 23.0. The maximum absolute atomic E-state index is 12.3. The summed E-state index contributed by atoms with van der Waals surface area (Å²) in [6.45, 7) is 12.7. The topological polar surface area (TPSA) is 138 Å². The van der Waals surface area contributed by atoms with Crippen molar-refractivity contribution >= 4 is 84.7 Å². The molecule has 0 spiro atoms. The second-order valence-electron chi connectivity index (χ2n) is 21.5. The van der Waals surface area contributed by atoms with Crippen LogP contribution >= 0.6 is 15.9 Å². The van der Waals surface area contributed by atoms with E-state index in [0.29, 0.717) is 11.1 Å². The largest absolute Gasteiger partial charge is 0.495 e. The van der Waals surface area contributed by atoms with E-state index in [4.69, 9.17) is 23.8 Å². The molecule has 6 aromatic carbocycles. The number of carbonyl (C=O) groups excluding carboxylic acids is 2. The maximum atomic E-state index is 12.3. The summed E-state index contributed by atoms with van der Waals surface area (Å²) in [6, 6.07) is 40.5. The predicted octanol–water partition coefficient (Wildman–Crippen LogP) is 13.1. The number of hydrogen-bond donors (Lipinski definition) is 0. The van der Waals surface area contributed by atoms with Crippen LogP contribution in [0.25, 0.3) is 66.2 Å². The van der Waals surface area contributed by atoms with E-state index >= 15 is 0 Å². The lowest BCUT2D eigenvalue weighted by Crippen LogP contribution is -2.41. The fourth-order valence-corrected chi connectivity index (χ4v) is 11.2. The summed E-state index contributed by atoms with van der Waals surface area (Å²) >= 11 is 3.45. The molecule has 4 aromatic heterocycles. The van der Waals surface area contributed by atoms with Gasteiger partial charge in [0.1, 0.15) is 0 Å². The normalized spacial score (nSPS) is 15.8. The molecular weight excluding hydrogens is 1070 g/mol. The number of methoxy groups -OCH3 is 2. The Hall–Kier alpha value is -7.92. The van der Waals surface area contributed by atoms with Crippen LogP contribution in [0.2, 0.25) is 0 Å². The first-order valence-corrected chi connectivity index (χ1v) is 28.2. The zero-order chi connectivity index (χ0) is 55.5. The van der Waals surface area contributed by atoms with Crippen molar-refractivity contribution in [2.75, 3.05) is 50.2 Å². The van der Waals surface area contributed by atoms with Crippen LogP contribution in [0.15, 0.2) is 163 Å². The van der Waals surface area contributed by atoms with E-state index in [9.17, 15) is 9.59 Å². The van der Waals surface area contributed by atoms with Crippen LogP contribution in [0.1, 0.15) is 86.9 Å². The average molecular weight is 1130 g/mol. The van der Waals surface area contributed by atoms with Crippen molar-refractivity contribution in [3.63, 3.8) is 0 Å². The summed E-state index contributed by atoms with van der Waals surface area (Å²) in [5.74, 6) is -0.691. The molecule has 80 heavy (non-hydrogen) atoms. The number of hydrogen-bond acceptors (Lipinski definition) is 12. The van der Waals surface area contributed by atoms with Crippen molar-refractivity contribution in [1.29, 1.82) is 0 Å². The number of ether oxygens (including phenoxy) is 2. The van der Waals surface area contributed by atoms with Crippen LogP contribution < -0.4 is 15.3 Å². The molecule has 3 saturated heterocycles. The molecule has 3 aliphatic rings. The van der Waals surface area contributed by atoms with Crippen molar-refractivity contribution < 1.29 is 28.4 Å². The molecule has 0 saturated carbocycles. The molecule has 3 aliphatic heterocycles. The fourth-order valence-electron chi connectivity index (χ4n) is 10.9. The third kappa shape index (κ3) is 10.9. The molecule has 0 unspecified atom stereocenters. The number of anilines is 2. The Bertz CT molecular complexity index is 3850. The zero-order valence-electron chi connectivity index (χ0n) is 46.1. The minimum atomic E-state index is -0.461. The van der Waals surface area contributed by atoms with Gasteiger partial charge in [-0.05, 0) is 162 Å². The molecular formula is C64H64BBrN8O6. The van der Waals surface area contributed by atoms with Gasteiger partial charge < -0.3 is 28.6 Å². The lowest BCUT2D eigenvalue weighted by molar-refractivity contribution is 0.00578. The van der Waals surface area contributed by atoms with Crippen LogP contribution in [-0.2, 0) is 18.8 Å². The first kappa shape index (κ1) is 54.1. The van der Waals surface area contributed by atoms with E-state index in [1.165, 1.54) is 82.8 Å². The Morgan fingerprint density at radius 1 is 0.500 bits per heavy atom. The molecule has 3 fully saturated rings. The van der Waals surface area contributed by atoms with Gasteiger partial charge in [0.25, 0.3) is 0 Å². The number of benzene rings is 6. The third-order valence-corrected chi connectivity index (χ3v) is 16.6. The molecule has 0 N–H and O–H groups in total. The maximum Gasteiger partial charge on any atom is 0.495 e. The summed E-state index contributed by atoms with van der Waals surface area (Å²) in [5, 5.41) is 12.5. The number of halogens is 1. The number of rotatable bonds is 8. The van der Waals surface area contributed by atoms with Gasteiger partial charge in [0.15, 0.2) is 11.3 Å². The Balaban J connectivity index is 0.000000132. The molecule has 0 radical (unpaired) electrons. The molecule has 13 rings (SSSR count). The summed E-state index contributed by atoms with van der Waals surface area (Å²) in [5.41, 5.74) is 11.7. The van der Waals surface area contributed by atoms with Gasteiger partial charge in [0.05, 0.1) is 53.4 Å². The van der Waals surface area contributed by atoms with Gasteiger partial charge in [-0.1, -0.05) is 84.9 Å². The number of piperidine rings is 2. The van der Waals surface area contributed by atoms with E-state index in [1.54, 1.807) is 22.8 Å². The molecule has 0 bridgehead atoms. The predicted molar refractivity (Wildman–Crippen MR) is 322 cm³/mol. The lowest BCUT2D eigenvalue weighted by atomic mass is 9.75. The van der Waals surface area contributed by atoms with Gasteiger partial charge in [0.2, 0.25) is 0 Å². The molecule has 0 atom stereocenters. The van der Waals surface area contributed by atoms with E-state index in [1.807, 2.05) is 124 Å². The van der Waals surface area contributed by atoms with E-state index in [2.05, 4.69) is 89.4 Å². The fraction of sp³-hybridized carbons (Fsp3) is 0.281. The van der Waals surface area contributed by atoms with Gasteiger partial charge in [-0.3, -0.25) is 0 Å². The number of aromatic nitrogens is 6.